The first-order valence-electron chi connectivity index (χ1n) is 9.04. The SMILES string of the molecule is C=NCCNN.CCCC=C1c2ccccc2CCc2ccccc21. The summed E-state index contributed by atoms with van der Waals surface area (Å²) in [7, 11) is 0. The third kappa shape index (κ3) is 5.38. The summed E-state index contributed by atoms with van der Waals surface area (Å²) in [6, 6.07) is 17.7. The second-order valence-corrected chi connectivity index (χ2v) is 6.12. The van der Waals surface area contributed by atoms with Crippen molar-refractivity contribution < 1.29 is 0 Å². The molecule has 0 unspecified atom stereocenters. The van der Waals surface area contributed by atoms with E-state index in [0.29, 0.717) is 13.1 Å². The van der Waals surface area contributed by atoms with Gasteiger partial charge in [-0.3, -0.25) is 16.3 Å². The molecule has 0 saturated heterocycles. The normalized spacial score (nSPS) is 12.2. The molecule has 0 aromatic heterocycles. The molecule has 3 heteroatoms. The number of aryl methyl sites for hydroxylation is 2. The van der Waals surface area contributed by atoms with E-state index in [1.165, 1.54) is 34.2 Å². The van der Waals surface area contributed by atoms with E-state index < -0.39 is 0 Å². The third-order valence-electron chi connectivity index (χ3n) is 4.33. The maximum Gasteiger partial charge on any atom is 0.0520 e. The highest BCUT2D eigenvalue weighted by atomic mass is 15.2. The molecule has 0 saturated carbocycles. The van der Waals surface area contributed by atoms with Gasteiger partial charge in [0.15, 0.2) is 0 Å². The number of allylic oxidation sites excluding steroid dienone is 1. The Morgan fingerprint density at radius 3 is 2.04 bits per heavy atom. The Morgan fingerprint density at radius 1 is 1.04 bits per heavy atom. The number of nitrogens with zero attached hydrogens (tertiary/aromatic N) is 1. The van der Waals surface area contributed by atoms with Gasteiger partial charge in [0.05, 0.1) is 6.54 Å². The molecule has 3 rings (SSSR count). The maximum atomic E-state index is 4.88. The van der Waals surface area contributed by atoms with Crippen LogP contribution in [0.3, 0.4) is 0 Å². The number of hydrogen-bond acceptors (Lipinski definition) is 3. The number of hydrazine groups is 1. The van der Waals surface area contributed by atoms with Crippen molar-refractivity contribution in [3.8, 4) is 0 Å². The zero-order chi connectivity index (χ0) is 17.9. The van der Waals surface area contributed by atoms with Gasteiger partial charge in [0.2, 0.25) is 0 Å². The van der Waals surface area contributed by atoms with Gasteiger partial charge in [-0.1, -0.05) is 68.0 Å². The second kappa shape index (κ2) is 10.6. The van der Waals surface area contributed by atoms with Crippen molar-refractivity contribution >= 4 is 12.3 Å². The van der Waals surface area contributed by atoms with E-state index in [0.717, 1.165) is 19.3 Å². The van der Waals surface area contributed by atoms with Crippen molar-refractivity contribution in [3.05, 3.63) is 76.9 Å². The molecule has 0 heterocycles. The van der Waals surface area contributed by atoms with Gasteiger partial charge in [-0.2, -0.15) is 0 Å². The molecule has 0 aliphatic heterocycles. The highest BCUT2D eigenvalue weighted by Crippen LogP contribution is 2.33. The summed E-state index contributed by atoms with van der Waals surface area (Å²) in [5.41, 5.74) is 9.71. The average Bonchev–Trinajstić information content (AvgIpc) is 2.82. The minimum Gasteiger partial charge on any atom is -0.300 e. The van der Waals surface area contributed by atoms with Crippen LogP contribution in [0.25, 0.3) is 5.57 Å². The molecule has 2 aromatic rings. The zero-order valence-electron chi connectivity index (χ0n) is 15.2. The van der Waals surface area contributed by atoms with Crippen molar-refractivity contribution in [2.45, 2.75) is 32.6 Å². The highest BCUT2D eigenvalue weighted by Gasteiger charge is 2.16. The van der Waals surface area contributed by atoms with Gasteiger partial charge in [0, 0.05) is 6.54 Å². The van der Waals surface area contributed by atoms with Crippen molar-refractivity contribution in [2.75, 3.05) is 13.1 Å². The van der Waals surface area contributed by atoms with Crippen LogP contribution in [0.2, 0.25) is 0 Å². The number of unbranched alkanes of at least 4 members (excludes halogenated alkanes) is 1. The Kier molecular flexibility index (Phi) is 8.10. The predicted molar refractivity (Wildman–Crippen MR) is 109 cm³/mol. The molecule has 0 amide bonds. The van der Waals surface area contributed by atoms with E-state index in [-0.39, 0.29) is 0 Å². The van der Waals surface area contributed by atoms with Gasteiger partial charge in [-0.15, -0.1) is 0 Å². The van der Waals surface area contributed by atoms with Gasteiger partial charge in [0.1, 0.15) is 0 Å². The summed E-state index contributed by atoms with van der Waals surface area (Å²) in [6.07, 6.45) is 7.07. The maximum absolute atomic E-state index is 4.88. The van der Waals surface area contributed by atoms with Crippen LogP contribution in [-0.4, -0.2) is 19.8 Å². The number of benzene rings is 2. The first-order chi connectivity index (χ1) is 12.3. The Hall–Kier alpha value is -2.23. The fraction of sp³-hybridized carbons (Fsp3) is 0.318. The van der Waals surface area contributed by atoms with E-state index >= 15 is 0 Å². The smallest absolute Gasteiger partial charge is 0.0520 e. The molecule has 0 spiro atoms. The van der Waals surface area contributed by atoms with E-state index in [1.54, 1.807) is 0 Å². The van der Waals surface area contributed by atoms with Crippen LogP contribution in [0, 0.1) is 0 Å². The minimum atomic E-state index is 0.691. The summed E-state index contributed by atoms with van der Waals surface area (Å²) in [5.74, 6) is 4.88. The lowest BCUT2D eigenvalue weighted by Gasteiger charge is -2.11. The van der Waals surface area contributed by atoms with Crippen molar-refractivity contribution in [1.82, 2.24) is 5.43 Å². The fourth-order valence-corrected chi connectivity index (χ4v) is 3.07. The van der Waals surface area contributed by atoms with Gasteiger partial charge in [-0.05, 0) is 53.8 Å². The van der Waals surface area contributed by atoms with Crippen LogP contribution in [0.4, 0.5) is 0 Å². The first kappa shape index (κ1) is 19.1. The first-order valence-corrected chi connectivity index (χ1v) is 9.04. The molecule has 0 bridgehead atoms. The van der Waals surface area contributed by atoms with Crippen molar-refractivity contribution in [3.63, 3.8) is 0 Å². The Morgan fingerprint density at radius 2 is 1.60 bits per heavy atom. The van der Waals surface area contributed by atoms with Crippen LogP contribution >= 0.6 is 0 Å². The van der Waals surface area contributed by atoms with E-state index in [9.17, 15) is 0 Å². The van der Waals surface area contributed by atoms with Gasteiger partial charge in [-0.25, -0.2) is 0 Å². The second-order valence-electron chi connectivity index (χ2n) is 6.12. The molecule has 0 radical (unpaired) electrons. The van der Waals surface area contributed by atoms with E-state index in [1.807, 2.05) is 0 Å². The number of fused-ring (bicyclic) bond motifs is 2. The Labute approximate surface area is 151 Å². The van der Waals surface area contributed by atoms with Gasteiger partial charge in [0.25, 0.3) is 0 Å². The van der Waals surface area contributed by atoms with Crippen molar-refractivity contribution in [2.24, 2.45) is 10.8 Å². The monoisotopic (exact) mass is 335 g/mol. The molecule has 1 aliphatic rings. The zero-order valence-corrected chi connectivity index (χ0v) is 15.2. The van der Waals surface area contributed by atoms with Crippen LogP contribution in [0.5, 0.6) is 0 Å². The summed E-state index contributed by atoms with van der Waals surface area (Å²) in [5, 5.41) is 0. The number of aliphatic imine (C=N–C) groups is 1. The topological polar surface area (TPSA) is 50.4 Å². The van der Waals surface area contributed by atoms with E-state index in [4.69, 9.17) is 5.84 Å². The molecule has 1 aliphatic carbocycles. The molecule has 3 nitrogen and oxygen atoms in total. The Bertz CT molecular complexity index is 654. The minimum absolute atomic E-state index is 0.691. The number of rotatable bonds is 5. The third-order valence-corrected chi connectivity index (χ3v) is 4.33. The molecular formula is C22H29N3. The Balaban J connectivity index is 0.000000326. The number of nitrogens with two attached hydrogens (primary N) is 1. The molecular weight excluding hydrogens is 306 g/mol. The summed E-state index contributed by atoms with van der Waals surface area (Å²) < 4.78 is 0. The quantitative estimate of drug-likeness (QED) is 0.373. The highest BCUT2D eigenvalue weighted by molar-refractivity contribution is 5.83. The van der Waals surface area contributed by atoms with Gasteiger partial charge >= 0.3 is 0 Å². The van der Waals surface area contributed by atoms with Crippen LogP contribution in [0.15, 0.2) is 59.6 Å². The standard InChI is InChI=1S/C19H20.C3H9N3/c1-2-3-10-19-17-11-6-4-8-15(17)13-14-16-9-5-7-12-18(16)19;1-5-2-3-6-4/h4-12H,2-3,13-14H2,1H3;6H,1-4H2. The molecule has 25 heavy (non-hydrogen) atoms. The lowest BCUT2D eigenvalue weighted by atomic mass is 9.93. The van der Waals surface area contributed by atoms with Crippen LogP contribution in [0.1, 0.15) is 42.0 Å². The van der Waals surface area contributed by atoms with Gasteiger partial charge < -0.3 is 0 Å². The fourth-order valence-electron chi connectivity index (χ4n) is 3.07. The van der Waals surface area contributed by atoms with Crippen LogP contribution < -0.4 is 11.3 Å². The predicted octanol–water partition coefficient (Wildman–Crippen LogP) is 4.17. The summed E-state index contributed by atoms with van der Waals surface area (Å²) in [6.45, 7) is 6.90. The summed E-state index contributed by atoms with van der Waals surface area (Å²) >= 11 is 0. The molecule has 2 aromatic carbocycles. The molecule has 0 atom stereocenters. The van der Waals surface area contributed by atoms with Crippen LogP contribution in [-0.2, 0) is 12.8 Å². The average molecular weight is 335 g/mol. The number of hydrogen-bond donors (Lipinski definition) is 2. The largest absolute Gasteiger partial charge is 0.300 e. The lowest BCUT2D eigenvalue weighted by molar-refractivity contribution is 0.740. The van der Waals surface area contributed by atoms with E-state index in [2.05, 4.69) is 78.7 Å². The lowest BCUT2D eigenvalue weighted by Crippen LogP contribution is -2.24. The molecule has 132 valence electrons. The molecule has 0 fully saturated rings. The number of nitrogens with one attached hydrogen (secondary N) is 1. The van der Waals surface area contributed by atoms with Crippen molar-refractivity contribution in [1.29, 1.82) is 0 Å². The summed E-state index contributed by atoms with van der Waals surface area (Å²) in [4.78, 5) is 3.53. The molecule has 3 N–H and O–H groups in total.